The van der Waals surface area contributed by atoms with Crippen LogP contribution in [0.2, 0.25) is 5.02 Å². The number of benzene rings is 2. The van der Waals surface area contributed by atoms with Crippen molar-refractivity contribution in [3.05, 3.63) is 57.6 Å². The molecule has 2 rings (SSSR count). The van der Waals surface area contributed by atoms with E-state index in [1.165, 1.54) is 18.2 Å². The monoisotopic (exact) mass is 264 g/mol. The number of ether oxygens (including phenoxy) is 1. The van der Waals surface area contributed by atoms with E-state index in [0.717, 1.165) is 0 Å². The van der Waals surface area contributed by atoms with Crippen molar-refractivity contribution < 1.29 is 9.66 Å². The van der Waals surface area contributed by atoms with E-state index in [0.29, 0.717) is 17.2 Å². The van der Waals surface area contributed by atoms with Gasteiger partial charge in [-0.3, -0.25) is 10.1 Å². The summed E-state index contributed by atoms with van der Waals surface area (Å²) in [5.74, 6) is 0.860. The van der Waals surface area contributed by atoms with Crippen LogP contribution in [0.4, 0.5) is 11.4 Å². The van der Waals surface area contributed by atoms with Gasteiger partial charge in [0.15, 0.2) is 0 Å². The molecule has 0 aliphatic rings. The summed E-state index contributed by atoms with van der Waals surface area (Å²) in [5, 5.41) is 10.7. The second-order valence-electron chi connectivity index (χ2n) is 3.55. The Kier molecular flexibility index (Phi) is 3.34. The van der Waals surface area contributed by atoms with E-state index in [-0.39, 0.29) is 10.7 Å². The summed E-state index contributed by atoms with van der Waals surface area (Å²) in [6.45, 7) is 0. The number of nitrogens with two attached hydrogens (primary N) is 1. The largest absolute Gasteiger partial charge is 0.456 e. The predicted octanol–water partition coefficient (Wildman–Crippen LogP) is 3.62. The molecule has 0 atom stereocenters. The quantitative estimate of drug-likeness (QED) is 0.522. The van der Waals surface area contributed by atoms with Crippen molar-refractivity contribution in [2.24, 2.45) is 0 Å². The minimum Gasteiger partial charge on any atom is -0.456 e. The van der Waals surface area contributed by atoms with E-state index in [1.807, 2.05) is 0 Å². The molecule has 92 valence electrons. The highest BCUT2D eigenvalue weighted by molar-refractivity contribution is 6.32. The maximum atomic E-state index is 10.6. The van der Waals surface area contributed by atoms with Gasteiger partial charge < -0.3 is 10.5 Å². The summed E-state index contributed by atoms with van der Waals surface area (Å²) in [6.07, 6.45) is 0. The Bertz CT molecular complexity index is 602. The maximum Gasteiger partial charge on any atom is 0.271 e. The van der Waals surface area contributed by atoms with Crippen LogP contribution in [0.1, 0.15) is 0 Å². The van der Waals surface area contributed by atoms with Gasteiger partial charge in [-0.1, -0.05) is 17.7 Å². The SMILES string of the molecule is Nc1cccc(Oc2ccc([N+](=O)[O-])cc2Cl)c1. The molecule has 0 radical (unpaired) electrons. The van der Waals surface area contributed by atoms with Crippen LogP contribution in [0.3, 0.4) is 0 Å². The van der Waals surface area contributed by atoms with Crippen molar-refractivity contribution in [3.63, 3.8) is 0 Å². The minimum absolute atomic E-state index is 0.0834. The summed E-state index contributed by atoms with van der Waals surface area (Å²) < 4.78 is 5.49. The molecule has 18 heavy (non-hydrogen) atoms. The fraction of sp³-hybridized carbons (Fsp3) is 0. The molecule has 0 spiro atoms. The zero-order chi connectivity index (χ0) is 13.1. The van der Waals surface area contributed by atoms with Gasteiger partial charge in [-0.25, -0.2) is 0 Å². The Hall–Kier alpha value is -2.27. The zero-order valence-corrected chi connectivity index (χ0v) is 9.92. The van der Waals surface area contributed by atoms with Crippen molar-refractivity contribution in [3.8, 4) is 11.5 Å². The third kappa shape index (κ3) is 2.70. The average Bonchev–Trinajstić information content (AvgIpc) is 2.31. The van der Waals surface area contributed by atoms with Crippen LogP contribution in [0.5, 0.6) is 11.5 Å². The molecule has 0 aliphatic heterocycles. The molecule has 2 aromatic carbocycles. The van der Waals surface area contributed by atoms with Gasteiger partial charge in [0.25, 0.3) is 5.69 Å². The first-order chi connectivity index (χ1) is 8.56. The van der Waals surface area contributed by atoms with Gasteiger partial charge in [-0.05, 0) is 18.2 Å². The van der Waals surface area contributed by atoms with Crippen molar-refractivity contribution >= 4 is 23.0 Å². The smallest absolute Gasteiger partial charge is 0.271 e. The number of nitro benzene ring substituents is 1. The summed E-state index contributed by atoms with van der Waals surface area (Å²) in [7, 11) is 0. The van der Waals surface area contributed by atoms with Gasteiger partial charge in [0.1, 0.15) is 11.5 Å². The number of nitrogen functional groups attached to an aromatic ring is 1. The standard InChI is InChI=1S/C12H9ClN2O3/c13-11-7-9(15(16)17)4-5-12(11)18-10-3-1-2-8(14)6-10/h1-7H,14H2. The number of hydrogen-bond donors (Lipinski definition) is 1. The van der Waals surface area contributed by atoms with Crippen LogP contribution in [0.25, 0.3) is 0 Å². The molecule has 0 bridgehead atoms. The number of non-ortho nitro benzene ring substituents is 1. The van der Waals surface area contributed by atoms with Crippen molar-refractivity contribution in [1.82, 2.24) is 0 Å². The van der Waals surface area contributed by atoms with E-state index >= 15 is 0 Å². The summed E-state index contributed by atoms with van der Waals surface area (Å²) in [4.78, 5) is 10.0. The van der Waals surface area contributed by atoms with E-state index in [9.17, 15) is 10.1 Å². The van der Waals surface area contributed by atoms with Crippen molar-refractivity contribution in [2.75, 3.05) is 5.73 Å². The number of anilines is 1. The van der Waals surface area contributed by atoms with E-state index in [1.54, 1.807) is 24.3 Å². The van der Waals surface area contributed by atoms with Gasteiger partial charge in [0.2, 0.25) is 0 Å². The first kappa shape index (κ1) is 12.2. The van der Waals surface area contributed by atoms with Crippen molar-refractivity contribution in [2.45, 2.75) is 0 Å². The highest BCUT2D eigenvalue weighted by atomic mass is 35.5. The number of nitrogens with zero attached hydrogens (tertiary/aromatic N) is 1. The van der Waals surface area contributed by atoms with Crippen LogP contribution in [0, 0.1) is 10.1 Å². The molecule has 2 N–H and O–H groups in total. The second-order valence-corrected chi connectivity index (χ2v) is 3.95. The van der Waals surface area contributed by atoms with Crippen LogP contribution in [-0.2, 0) is 0 Å². The number of nitro groups is 1. The third-order valence-corrected chi connectivity index (χ3v) is 2.51. The molecule has 6 heteroatoms. The Morgan fingerprint density at radius 2 is 2.00 bits per heavy atom. The molecule has 0 heterocycles. The van der Waals surface area contributed by atoms with E-state index in [4.69, 9.17) is 22.1 Å². The lowest BCUT2D eigenvalue weighted by Crippen LogP contribution is -1.91. The summed E-state index contributed by atoms with van der Waals surface area (Å²) in [6, 6.07) is 10.8. The first-order valence-electron chi connectivity index (χ1n) is 5.03. The predicted molar refractivity (Wildman–Crippen MR) is 69.0 cm³/mol. The molecular formula is C12H9ClN2O3. The molecule has 0 fully saturated rings. The normalized spacial score (nSPS) is 10.1. The van der Waals surface area contributed by atoms with E-state index in [2.05, 4.69) is 0 Å². The Balaban J connectivity index is 2.27. The second kappa shape index (κ2) is 4.93. The lowest BCUT2D eigenvalue weighted by atomic mass is 10.3. The number of rotatable bonds is 3. The van der Waals surface area contributed by atoms with Gasteiger partial charge >= 0.3 is 0 Å². The highest BCUT2D eigenvalue weighted by Crippen LogP contribution is 2.32. The Labute approximate surface area is 108 Å². The lowest BCUT2D eigenvalue weighted by molar-refractivity contribution is -0.384. The lowest BCUT2D eigenvalue weighted by Gasteiger charge is -2.07. The van der Waals surface area contributed by atoms with Crippen molar-refractivity contribution in [1.29, 1.82) is 0 Å². The van der Waals surface area contributed by atoms with Gasteiger partial charge in [-0.2, -0.15) is 0 Å². The highest BCUT2D eigenvalue weighted by Gasteiger charge is 2.10. The van der Waals surface area contributed by atoms with Crippen LogP contribution >= 0.6 is 11.6 Å². The molecular weight excluding hydrogens is 256 g/mol. The fourth-order valence-corrected chi connectivity index (χ4v) is 1.60. The van der Waals surface area contributed by atoms with Crippen LogP contribution in [0.15, 0.2) is 42.5 Å². The topological polar surface area (TPSA) is 78.4 Å². The Morgan fingerprint density at radius 1 is 1.22 bits per heavy atom. The molecule has 2 aromatic rings. The fourth-order valence-electron chi connectivity index (χ4n) is 1.39. The molecule has 0 aliphatic carbocycles. The molecule has 0 unspecified atom stereocenters. The van der Waals surface area contributed by atoms with Crippen LogP contribution in [-0.4, -0.2) is 4.92 Å². The average molecular weight is 265 g/mol. The molecule has 0 aromatic heterocycles. The van der Waals surface area contributed by atoms with E-state index < -0.39 is 4.92 Å². The number of hydrogen-bond acceptors (Lipinski definition) is 4. The van der Waals surface area contributed by atoms with Gasteiger partial charge in [0.05, 0.1) is 9.95 Å². The van der Waals surface area contributed by atoms with Gasteiger partial charge in [0, 0.05) is 23.9 Å². The third-order valence-electron chi connectivity index (χ3n) is 2.21. The molecule has 0 saturated heterocycles. The molecule has 0 saturated carbocycles. The Morgan fingerprint density at radius 3 is 2.61 bits per heavy atom. The number of halogens is 1. The molecule has 0 amide bonds. The molecule has 5 nitrogen and oxygen atoms in total. The minimum atomic E-state index is -0.518. The van der Waals surface area contributed by atoms with Crippen LogP contribution < -0.4 is 10.5 Å². The summed E-state index contributed by atoms with van der Waals surface area (Å²) >= 11 is 5.90. The maximum absolute atomic E-state index is 10.6. The van der Waals surface area contributed by atoms with Gasteiger partial charge in [-0.15, -0.1) is 0 Å². The summed E-state index contributed by atoms with van der Waals surface area (Å²) in [5.41, 5.74) is 6.09. The first-order valence-corrected chi connectivity index (χ1v) is 5.41. The zero-order valence-electron chi connectivity index (χ0n) is 9.17.